The third kappa shape index (κ3) is 4.46. The smallest absolute Gasteiger partial charge is 0.137 e. The van der Waals surface area contributed by atoms with Crippen molar-refractivity contribution >= 4 is 0 Å². The minimum atomic E-state index is 0.177. The standard InChI is InChI=1S/C16H27N3O/c1-2-8-20-15-10-14(11-18-12-15)16(19-17)9-13-6-4-3-5-7-13/h10-13,16,19H,2-9,17H2,1H3. The first-order valence-corrected chi connectivity index (χ1v) is 7.87. The lowest BCUT2D eigenvalue weighted by Crippen LogP contribution is -2.30. The van der Waals surface area contributed by atoms with Crippen LogP contribution in [0.5, 0.6) is 5.75 Å². The molecule has 1 atom stereocenters. The van der Waals surface area contributed by atoms with Crippen molar-refractivity contribution in [3.8, 4) is 5.75 Å². The van der Waals surface area contributed by atoms with Crippen molar-refractivity contribution in [2.24, 2.45) is 11.8 Å². The van der Waals surface area contributed by atoms with E-state index in [1.54, 1.807) is 6.20 Å². The normalized spacial score (nSPS) is 17.9. The second kappa shape index (κ2) is 8.22. The second-order valence-corrected chi connectivity index (χ2v) is 5.76. The number of ether oxygens (including phenoxy) is 1. The van der Waals surface area contributed by atoms with Crippen LogP contribution in [0.3, 0.4) is 0 Å². The highest BCUT2D eigenvalue weighted by atomic mass is 16.5. The molecule has 1 saturated carbocycles. The zero-order valence-electron chi connectivity index (χ0n) is 12.5. The van der Waals surface area contributed by atoms with E-state index < -0.39 is 0 Å². The van der Waals surface area contributed by atoms with Crippen LogP contribution in [-0.2, 0) is 0 Å². The molecule has 0 amide bonds. The number of aromatic nitrogens is 1. The van der Waals surface area contributed by atoms with Crippen LogP contribution in [0.4, 0.5) is 0 Å². The van der Waals surface area contributed by atoms with Crippen LogP contribution in [0.25, 0.3) is 0 Å². The Balaban J connectivity index is 1.98. The SMILES string of the molecule is CCCOc1cncc(C(CC2CCCCC2)NN)c1. The zero-order chi connectivity index (χ0) is 14.2. The van der Waals surface area contributed by atoms with Crippen LogP contribution < -0.4 is 16.0 Å². The first-order valence-electron chi connectivity index (χ1n) is 7.87. The van der Waals surface area contributed by atoms with E-state index in [2.05, 4.69) is 23.4 Å². The zero-order valence-corrected chi connectivity index (χ0v) is 12.5. The van der Waals surface area contributed by atoms with Crippen molar-refractivity contribution in [3.05, 3.63) is 24.0 Å². The van der Waals surface area contributed by atoms with E-state index >= 15 is 0 Å². The third-order valence-corrected chi connectivity index (χ3v) is 4.10. The Bertz CT molecular complexity index is 391. The van der Waals surface area contributed by atoms with Crippen molar-refractivity contribution < 1.29 is 4.74 Å². The molecule has 0 aromatic carbocycles. The number of hydrazine groups is 1. The van der Waals surface area contributed by atoms with Gasteiger partial charge >= 0.3 is 0 Å². The monoisotopic (exact) mass is 277 g/mol. The molecule has 1 aromatic rings. The van der Waals surface area contributed by atoms with Gasteiger partial charge in [0.2, 0.25) is 0 Å². The lowest BCUT2D eigenvalue weighted by Gasteiger charge is -2.26. The van der Waals surface area contributed by atoms with Gasteiger partial charge in [-0.15, -0.1) is 0 Å². The topological polar surface area (TPSA) is 60.2 Å². The van der Waals surface area contributed by atoms with Gasteiger partial charge in [0.25, 0.3) is 0 Å². The molecule has 4 nitrogen and oxygen atoms in total. The van der Waals surface area contributed by atoms with E-state index in [0.29, 0.717) is 0 Å². The highest BCUT2D eigenvalue weighted by Crippen LogP contribution is 2.32. The van der Waals surface area contributed by atoms with E-state index in [1.807, 2.05) is 6.20 Å². The molecular weight excluding hydrogens is 250 g/mol. The van der Waals surface area contributed by atoms with Gasteiger partial charge in [-0.3, -0.25) is 16.3 Å². The number of nitrogens with one attached hydrogen (secondary N) is 1. The van der Waals surface area contributed by atoms with Gasteiger partial charge in [-0.25, -0.2) is 0 Å². The number of nitrogens with two attached hydrogens (primary N) is 1. The fourth-order valence-corrected chi connectivity index (χ4v) is 2.98. The Labute approximate surface area is 122 Å². The van der Waals surface area contributed by atoms with Crippen molar-refractivity contribution in [2.45, 2.75) is 57.9 Å². The summed E-state index contributed by atoms with van der Waals surface area (Å²) < 4.78 is 5.65. The fourth-order valence-electron chi connectivity index (χ4n) is 2.98. The fraction of sp³-hybridized carbons (Fsp3) is 0.688. The third-order valence-electron chi connectivity index (χ3n) is 4.10. The minimum absolute atomic E-state index is 0.177. The summed E-state index contributed by atoms with van der Waals surface area (Å²) in [6.07, 6.45) is 12.5. The maximum Gasteiger partial charge on any atom is 0.137 e. The molecule has 1 unspecified atom stereocenters. The average molecular weight is 277 g/mol. The molecule has 3 N–H and O–H groups in total. The summed E-state index contributed by atoms with van der Waals surface area (Å²) in [7, 11) is 0. The summed E-state index contributed by atoms with van der Waals surface area (Å²) in [4.78, 5) is 4.28. The van der Waals surface area contributed by atoms with E-state index in [-0.39, 0.29) is 6.04 Å². The first kappa shape index (κ1) is 15.3. The number of hydrogen-bond acceptors (Lipinski definition) is 4. The van der Waals surface area contributed by atoms with Gasteiger partial charge in [-0.2, -0.15) is 0 Å². The van der Waals surface area contributed by atoms with Gasteiger partial charge in [-0.05, 0) is 30.4 Å². The molecule has 0 aliphatic heterocycles. The average Bonchev–Trinajstić information content (AvgIpc) is 2.52. The number of hydrogen-bond donors (Lipinski definition) is 2. The molecule has 2 rings (SSSR count). The van der Waals surface area contributed by atoms with Gasteiger partial charge < -0.3 is 4.74 Å². The van der Waals surface area contributed by atoms with Crippen LogP contribution in [0.15, 0.2) is 18.5 Å². The molecule has 1 aliphatic carbocycles. The molecule has 1 heterocycles. The molecular formula is C16H27N3O. The second-order valence-electron chi connectivity index (χ2n) is 5.76. The minimum Gasteiger partial charge on any atom is -0.492 e. The molecule has 0 spiro atoms. The number of rotatable bonds is 7. The molecule has 1 fully saturated rings. The summed E-state index contributed by atoms with van der Waals surface area (Å²) in [5.74, 6) is 7.38. The molecule has 20 heavy (non-hydrogen) atoms. The Morgan fingerprint density at radius 1 is 1.35 bits per heavy atom. The van der Waals surface area contributed by atoms with Crippen LogP contribution in [-0.4, -0.2) is 11.6 Å². The summed E-state index contributed by atoms with van der Waals surface area (Å²) in [5.41, 5.74) is 4.08. The quantitative estimate of drug-likeness (QED) is 0.593. The first-order chi connectivity index (χ1) is 9.83. The molecule has 0 saturated heterocycles. The molecule has 112 valence electrons. The highest BCUT2D eigenvalue weighted by molar-refractivity contribution is 5.26. The molecule has 0 radical (unpaired) electrons. The van der Waals surface area contributed by atoms with Crippen LogP contribution in [0, 0.1) is 5.92 Å². The van der Waals surface area contributed by atoms with E-state index in [9.17, 15) is 0 Å². The van der Waals surface area contributed by atoms with Gasteiger partial charge in [0.15, 0.2) is 0 Å². The number of nitrogens with zero attached hydrogens (tertiary/aromatic N) is 1. The molecule has 1 aliphatic rings. The Hall–Kier alpha value is -1.13. The van der Waals surface area contributed by atoms with Crippen molar-refractivity contribution in [1.82, 2.24) is 10.4 Å². The molecule has 0 bridgehead atoms. The van der Waals surface area contributed by atoms with Crippen molar-refractivity contribution in [3.63, 3.8) is 0 Å². The Kier molecular flexibility index (Phi) is 6.27. The largest absolute Gasteiger partial charge is 0.492 e. The van der Waals surface area contributed by atoms with E-state index in [0.717, 1.165) is 36.7 Å². The van der Waals surface area contributed by atoms with Crippen LogP contribution in [0.2, 0.25) is 0 Å². The summed E-state index contributed by atoms with van der Waals surface area (Å²) in [6, 6.07) is 2.24. The molecule has 4 heteroatoms. The predicted molar refractivity (Wildman–Crippen MR) is 81.3 cm³/mol. The van der Waals surface area contributed by atoms with Crippen LogP contribution >= 0.6 is 0 Å². The van der Waals surface area contributed by atoms with Crippen molar-refractivity contribution in [1.29, 1.82) is 0 Å². The maximum atomic E-state index is 5.75. The predicted octanol–water partition coefficient (Wildman–Crippen LogP) is 3.35. The lowest BCUT2D eigenvalue weighted by molar-refractivity contribution is 0.298. The lowest BCUT2D eigenvalue weighted by atomic mass is 9.84. The Morgan fingerprint density at radius 2 is 2.15 bits per heavy atom. The van der Waals surface area contributed by atoms with E-state index in [1.165, 1.54) is 32.1 Å². The van der Waals surface area contributed by atoms with Gasteiger partial charge in [-0.1, -0.05) is 39.0 Å². The van der Waals surface area contributed by atoms with Gasteiger partial charge in [0.1, 0.15) is 5.75 Å². The molecule has 1 aromatic heterocycles. The maximum absolute atomic E-state index is 5.75. The Morgan fingerprint density at radius 3 is 2.85 bits per heavy atom. The van der Waals surface area contributed by atoms with Crippen molar-refractivity contribution in [2.75, 3.05) is 6.61 Å². The summed E-state index contributed by atoms with van der Waals surface area (Å²) in [6.45, 7) is 2.83. The number of pyridine rings is 1. The summed E-state index contributed by atoms with van der Waals surface area (Å²) in [5, 5.41) is 0. The highest BCUT2D eigenvalue weighted by Gasteiger charge is 2.20. The van der Waals surface area contributed by atoms with E-state index in [4.69, 9.17) is 10.6 Å². The van der Waals surface area contributed by atoms with Gasteiger partial charge in [0.05, 0.1) is 12.8 Å². The van der Waals surface area contributed by atoms with Crippen LogP contribution in [0.1, 0.15) is 63.5 Å². The summed E-state index contributed by atoms with van der Waals surface area (Å²) >= 11 is 0. The van der Waals surface area contributed by atoms with Gasteiger partial charge in [0, 0.05) is 12.2 Å².